The fourth-order valence-corrected chi connectivity index (χ4v) is 1.81. The predicted octanol–water partition coefficient (Wildman–Crippen LogP) is 0.409. The van der Waals surface area contributed by atoms with Gasteiger partial charge in [0.1, 0.15) is 0 Å². The number of nitrogens with two attached hydrogens (primary N) is 1. The molecule has 1 aliphatic heterocycles. The van der Waals surface area contributed by atoms with Gasteiger partial charge in [-0.25, -0.2) is 0 Å². The van der Waals surface area contributed by atoms with E-state index < -0.39 is 0 Å². The second kappa shape index (κ2) is 8.69. The molecule has 6 heteroatoms. The number of carbonyl (C=O) groups is 1. The van der Waals surface area contributed by atoms with Gasteiger partial charge in [0.15, 0.2) is 0 Å². The number of nitrogens with zero attached hydrogens (tertiary/aromatic N) is 1. The first-order valence-electron chi connectivity index (χ1n) is 5.75. The van der Waals surface area contributed by atoms with Crippen LogP contribution in [-0.4, -0.2) is 56.9 Å². The normalized spacial score (nSPS) is 20.8. The standard InChI is InChI=1S/C11H22N2O3.ClH/c1-13(8-9-4-3-5-16-9)11(14)6-10(7-12)15-2;/h9-10H,3-8,12H2,1-2H3;1H. The highest BCUT2D eigenvalue weighted by Gasteiger charge is 2.21. The Balaban J connectivity index is 0.00000256. The second-order valence-corrected chi connectivity index (χ2v) is 4.21. The lowest BCUT2D eigenvalue weighted by molar-refractivity contribution is -0.133. The molecule has 2 unspecified atom stereocenters. The summed E-state index contributed by atoms with van der Waals surface area (Å²) < 4.78 is 10.6. The number of methoxy groups -OCH3 is 1. The fourth-order valence-electron chi connectivity index (χ4n) is 1.81. The first-order valence-corrected chi connectivity index (χ1v) is 5.75. The zero-order valence-electron chi connectivity index (χ0n) is 10.6. The van der Waals surface area contributed by atoms with Crippen molar-refractivity contribution in [1.29, 1.82) is 0 Å². The summed E-state index contributed by atoms with van der Waals surface area (Å²) in [6.07, 6.45) is 2.50. The minimum atomic E-state index is -0.181. The van der Waals surface area contributed by atoms with E-state index in [0.29, 0.717) is 19.5 Å². The van der Waals surface area contributed by atoms with Crippen molar-refractivity contribution in [3.8, 4) is 0 Å². The third kappa shape index (κ3) is 5.68. The van der Waals surface area contributed by atoms with Crippen LogP contribution in [0.2, 0.25) is 0 Å². The van der Waals surface area contributed by atoms with Crippen LogP contribution in [0.5, 0.6) is 0 Å². The van der Waals surface area contributed by atoms with E-state index in [1.165, 1.54) is 0 Å². The molecule has 0 radical (unpaired) electrons. The summed E-state index contributed by atoms with van der Waals surface area (Å²) >= 11 is 0. The summed E-state index contributed by atoms with van der Waals surface area (Å²) in [5.41, 5.74) is 5.47. The molecule has 1 aliphatic rings. The van der Waals surface area contributed by atoms with Gasteiger partial charge in [-0.3, -0.25) is 4.79 Å². The Morgan fingerprint density at radius 3 is 2.82 bits per heavy atom. The average Bonchev–Trinajstić information content (AvgIpc) is 2.78. The molecule has 0 spiro atoms. The van der Waals surface area contributed by atoms with Gasteiger partial charge in [-0.15, -0.1) is 12.4 Å². The van der Waals surface area contributed by atoms with Crippen molar-refractivity contribution in [3.05, 3.63) is 0 Å². The van der Waals surface area contributed by atoms with Crippen molar-refractivity contribution in [3.63, 3.8) is 0 Å². The summed E-state index contributed by atoms with van der Waals surface area (Å²) in [6, 6.07) is 0. The monoisotopic (exact) mass is 266 g/mol. The van der Waals surface area contributed by atoms with Gasteiger partial charge < -0.3 is 20.1 Å². The molecule has 102 valence electrons. The van der Waals surface area contributed by atoms with Crippen LogP contribution in [0.25, 0.3) is 0 Å². The van der Waals surface area contributed by atoms with E-state index in [0.717, 1.165) is 19.4 Å². The maximum Gasteiger partial charge on any atom is 0.225 e. The van der Waals surface area contributed by atoms with Crippen LogP contribution >= 0.6 is 12.4 Å². The smallest absolute Gasteiger partial charge is 0.225 e. The van der Waals surface area contributed by atoms with Gasteiger partial charge in [0.25, 0.3) is 0 Å². The molecule has 0 aromatic rings. The lowest BCUT2D eigenvalue weighted by atomic mass is 10.2. The zero-order valence-corrected chi connectivity index (χ0v) is 11.4. The third-order valence-electron chi connectivity index (χ3n) is 2.93. The van der Waals surface area contributed by atoms with E-state index in [-0.39, 0.29) is 30.5 Å². The largest absolute Gasteiger partial charge is 0.380 e. The molecule has 1 amide bonds. The first-order chi connectivity index (χ1) is 7.67. The minimum Gasteiger partial charge on any atom is -0.380 e. The molecule has 0 aromatic carbocycles. The van der Waals surface area contributed by atoms with E-state index in [1.54, 1.807) is 19.1 Å². The maximum absolute atomic E-state index is 11.8. The molecule has 0 saturated carbocycles. The van der Waals surface area contributed by atoms with Gasteiger partial charge >= 0.3 is 0 Å². The Morgan fingerprint density at radius 1 is 1.65 bits per heavy atom. The summed E-state index contributed by atoms with van der Waals surface area (Å²) in [7, 11) is 3.37. The molecular weight excluding hydrogens is 244 g/mol. The van der Waals surface area contributed by atoms with Crippen LogP contribution < -0.4 is 5.73 Å². The molecule has 1 fully saturated rings. The van der Waals surface area contributed by atoms with Gasteiger partial charge in [0.2, 0.25) is 5.91 Å². The molecule has 5 nitrogen and oxygen atoms in total. The SMILES string of the molecule is COC(CN)CC(=O)N(C)CC1CCCO1.Cl. The van der Waals surface area contributed by atoms with E-state index in [1.807, 2.05) is 0 Å². The molecule has 2 N–H and O–H groups in total. The molecular formula is C11H23ClN2O3. The average molecular weight is 267 g/mol. The summed E-state index contributed by atoms with van der Waals surface area (Å²) in [5.74, 6) is 0.0628. The second-order valence-electron chi connectivity index (χ2n) is 4.21. The van der Waals surface area contributed by atoms with Crippen LogP contribution in [-0.2, 0) is 14.3 Å². The number of halogens is 1. The Kier molecular flexibility index (Phi) is 8.51. The van der Waals surface area contributed by atoms with Gasteiger partial charge in [-0.1, -0.05) is 0 Å². The van der Waals surface area contributed by atoms with Crippen LogP contribution in [0.4, 0.5) is 0 Å². The lowest BCUT2D eigenvalue weighted by Gasteiger charge is -2.22. The highest BCUT2D eigenvalue weighted by Crippen LogP contribution is 2.13. The van der Waals surface area contributed by atoms with Crippen LogP contribution in [0, 0.1) is 0 Å². The Morgan fingerprint density at radius 2 is 2.35 bits per heavy atom. The molecule has 0 aliphatic carbocycles. The Bertz CT molecular complexity index is 219. The van der Waals surface area contributed by atoms with E-state index in [2.05, 4.69) is 0 Å². The van der Waals surface area contributed by atoms with Crippen molar-refractivity contribution in [2.24, 2.45) is 5.73 Å². The fraction of sp³-hybridized carbons (Fsp3) is 0.909. The number of ether oxygens (including phenoxy) is 2. The van der Waals surface area contributed by atoms with Crippen molar-refractivity contribution in [2.45, 2.75) is 31.5 Å². The number of carbonyl (C=O) groups excluding carboxylic acids is 1. The Labute approximate surface area is 109 Å². The highest BCUT2D eigenvalue weighted by molar-refractivity contribution is 5.85. The molecule has 2 atom stereocenters. The Hall–Kier alpha value is -0.360. The third-order valence-corrected chi connectivity index (χ3v) is 2.93. The van der Waals surface area contributed by atoms with Crippen LogP contribution in [0.1, 0.15) is 19.3 Å². The molecule has 1 rings (SSSR count). The number of likely N-dealkylation sites (N-methyl/N-ethyl adjacent to an activating group) is 1. The molecule has 1 heterocycles. The van der Waals surface area contributed by atoms with Crippen LogP contribution in [0.3, 0.4) is 0 Å². The quantitative estimate of drug-likeness (QED) is 0.756. The maximum atomic E-state index is 11.8. The molecule has 0 aromatic heterocycles. The van der Waals surface area contributed by atoms with E-state index in [4.69, 9.17) is 15.2 Å². The highest BCUT2D eigenvalue weighted by atomic mass is 35.5. The lowest BCUT2D eigenvalue weighted by Crippen LogP contribution is -2.37. The van der Waals surface area contributed by atoms with Gasteiger partial charge in [0, 0.05) is 33.9 Å². The number of hydrogen-bond donors (Lipinski definition) is 1. The summed E-state index contributed by atoms with van der Waals surface area (Å²) in [4.78, 5) is 13.5. The first kappa shape index (κ1) is 16.6. The van der Waals surface area contributed by atoms with E-state index in [9.17, 15) is 4.79 Å². The molecule has 1 saturated heterocycles. The number of amides is 1. The summed E-state index contributed by atoms with van der Waals surface area (Å²) in [6.45, 7) is 1.85. The molecule has 0 bridgehead atoms. The van der Waals surface area contributed by atoms with Crippen molar-refractivity contribution < 1.29 is 14.3 Å². The van der Waals surface area contributed by atoms with Gasteiger partial charge in [-0.2, -0.15) is 0 Å². The molecule has 17 heavy (non-hydrogen) atoms. The van der Waals surface area contributed by atoms with Crippen molar-refractivity contribution in [2.75, 3.05) is 33.9 Å². The van der Waals surface area contributed by atoms with Crippen molar-refractivity contribution >= 4 is 18.3 Å². The number of rotatable bonds is 6. The van der Waals surface area contributed by atoms with Gasteiger partial charge in [-0.05, 0) is 12.8 Å². The van der Waals surface area contributed by atoms with Gasteiger partial charge in [0.05, 0.1) is 18.6 Å². The predicted molar refractivity (Wildman–Crippen MR) is 68.3 cm³/mol. The van der Waals surface area contributed by atoms with Crippen LogP contribution in [0.15, 0.2) is 0 Å². The minimum absolute atomic E-state index is 0. The summed E-state index contributed by atoms with van der Waals surface area (Å²) in [5, 5.41) is 0. The van der Waals surface area contributed by atoms with E-state index >= 15 is 0 Å². The topological polar surface area (TPSA) is 64.8 Å². The van der Waals surface area contributed by atoms with Crippen molar-refractivity contribution in [1.82, 2.24) is 4.90 Å². The number of hydrogen-bond acceptors (Lipinski definition) is 4. The zero-order chi connectivity index (χ0) is 12.0.